The van der Waals surface area contributed by atoms with Crippen molar-refractivity contribution in [3.8, 4) is 0 Å². The monoisotopic (exact) mass is 309 g/mol. The normalized spacial score (nSPS) is 20.3. The van der Waals surface area contributed by atoms with E-state index < -0.39 is 10.0 Å². The van der Waals surface area contributed by atoms with Crippen LogP contribution in [0.5, 0.6) is 0 Å². The molecule has 0 spiro atoms. The minimum absolute atomic E-state index is 0.0596. The van der Waals surface area contributed by atoms with Crippen LogP contribution in [0.25, 0.3) is 0 Å². The van der Waals surface area contributed by atoms with E-state index in [4.69, 9.17) is 5.73 Å². The molecule has 2 aromatic rings. The zero-order valence-electron chi connectivity index (χ0n) is 10.8. The molecule has 2 N–H and O–H groups in total. The maximum absolute atomic E-state index is 12.8. The van der Waals surface area contributed by atoms with Gasteiger partial charge >= 0.3 is 0 Å². The highest BCUT2D eigenvalue weighted by atomic mass is 32.2. The quantitative estimate of drug-likeness (QED) is 0.943. The molecule has 1 unspecified atom stereocenters. The lowest BCUT2D eigenvalue weighted by molar-refractivity contribution is 0.401. The topological polar surface area (TPSA) is 76.3 Å². The maximum atomic E-state index is 12.8. The molecule has 20 heavy (non-hydrogen) atoms. The Balaban J connectivity index is 2.01. The summed E-state index contributed by atoms with van der Waals surface area (Å²) in [4.78, 5) is 5.06. The van der Waals surface area contributed by atoms with Crippen molar-refractivity contribution < 1.29 is 8.42 Å². The van der Waals surface area contributed by atoms with Gasteiger partial charge in [-0.1, -0.05) is 6.07 Å². The molecule has 1 aliphatic heterocycles. The molecule has 2 aromatic heterocycles. The summed E-state index contributed by atoms with van der Waals surface area (Å²) < 4.78 is 27.1. The molecule has 3 rings (SSSR count). The number of nitrogens with two attached hydrogens (primary N) is 1. The Hall–Kier alpha value is -1.44. The van der Waals surface area contributed by atoms with Gasteiger partial charge in [-0.3, -0.25) is 0 Å². The van der Waals surface area contributed by atoms with Gasteiger partial charge in [-0.15, -0.1) is 11.3 Å². The number of aromatic nitrogens is 1. The summed E-state index contributed by atoms with van der Waals surface area (Å²) in [5.41, 5.74) is 5.72. The molecule has 5 nitrogen and oxygen atoms in total. The molecule has 1 fully saturated rings. The third-order valence-corrected chi connectivity index (χ3v) is 6.39. The van der Waals surface area contributed by atoms with E-state index in [1.54, 1.807) is 21.7 Å². The lowest BCUT2D eigenvalue weighted by atomic mass is 10.2. The summed E-state index contributed by atoms with van der Waals surface area (Å²) in [6.45, 7) is 0.527. The third-order valence-electron chi connectivity index (χ3n) is 3.46. The fraction of sp³-hybridized carbons (Fsp3) is 0.308. The molecule has 106 valence electrons. The van der Waals surface area contributed by atoms with Gasteiger partial charge in [0.25, 0.3) is 0 Å². The number of rotatable bonds is 3. The second kappa shape index (κ2) is 5.16. The highest BCUT2D eigenvalue weighted by Crippen LogP contribution is 2.38. The Morgan fingerprint density at radius 3 is 2.90 bits per heavy atom. The van der Waals surface area contributed by atoms with Crippen molar-refractivity contribution in [2.45, 2.75) is 23.8 Å². The number of anilines is 1. The molecule has 0 bridgehead atoms. The van der Waals surface area contributed by atoms with Gasteiger partial charge in [0.1, 0.15) is 10.7 Å². The summed E-state index contributed by atoms with van der Waals surface area (Å²) >= 11 is 1.59. The van der Waals surface area contributed by atoms with Crippen molar-refractivity contribution in [3.63, 3.8) is 0 Å². The van der Waals surface area contributed by atoms with Crippen molar-refractivity contribution in [2.24, 2.45) is 0 Å². The second-order valence-corrected chi connectivity index (χ2v) is 7.51. The minimum atomic E-state index is -3.59. The Morgan fingerprint density at radius 2 is 2.20 bits per heavy atom. The molecular formula is C13H15N3O2S2. The first-order valence-corrected chi connectivity index (χ1v) is 8.68. The minimum Gasteiger partial charge on any atom is -0.383 e. The van der Waals surface area contributed by atoms with E-state index >= 15 is 0 Å². The largest absolute Gasteiger partial charge is 0.383 e. The highest BCUT2D eigenvalue weighted by molar-refractivity contribution is 7.89. The fourth-order valence-electron chi connectivity index (χ4n) is 2.54. The van der Waals surface area contributed by atoms with E-state index in [2.05, 4.69) is 4.98 Å². The van der Waals surface area contributed by atoms with Gasteiger partial charge in [-0.2, -0.15) is 4.31 Å². The van der Waals surface area contributed by atoms with Gasteiger partial charge in [0.05, 0.1) is 6.04 Å². The Bertz CT molecular complexity index is 698. The van der Waals surface area contributed by atoms with Gasteiger partial charge in [0.2, 0.25) is 10.0 Å². The van der Waals surface area contributed by atoms with E-state index in [1.807, 2.05) is 17.5 Å². The summed E-state index contributed by atoms with van der Waals surface area (Å²) in [6.07, 6.45) is 3.21. The molecule has 0 aliphatic carbocycles. The lowest BCUT2D eigenvalue weighted by Crippen LogP contribution is -2.31. The number of hydrogen-bond donors (Lipinski definition) is 1. The van der Waals surface area contributed by atoms with Crippen LogP contribution in [0.2, 0.25) is 0 Å². The first-order chi connectivity index (χ1) is 9.60. The fourth-order valence-corrected chi connectivity index (χ4v) is 5.22. The van der Waals surface area contributed by atoms with Gasteiger partial charge in [0, 0.05) is 17.6 Å². The van der Waals surface area contributed by atoms with E-state index in [-0.39, 0.29) is 16.8 Å². The summed E-state index contributed by atoms with van der Waals surface area (Å²) in [5.74, 6) is 0.0596. The van der Waals surface area contributed by atoms with Crippen LogP contribution in [0.3, 0.4) is 0 Å². The SMILES string of the molecule is Nc1ncccc1S(=O)(=O)N1CCCC1c1cccs1. The highest BCUT2D eigenvalue weighted by Gasteiger charge is 2.37. The van der Waals surface area contributed by atoms with Crippen LogP contribution in [0.4, 0.5) is 5.82 Å². The molecule has 1 aliphatic rings. The predicted molar refractivity (Wildman–Crippen MR) is 78.8 cm³/mol. The predicted octanol–water partition coefficient (Wildman–Crippen LogP) is 2.25. The summed E-state index contributed by atoms with van der Waals surface area (Å²) in [6, 6.07) is 6.96. The van der Waals surface area contributed by atoms with Crippen LogP contribution in [0.15, 0.2) is 40.7 Å². The van der Waals surface area contributed by atoms with E-state index in [0.717, 1.165) is 17.7 Å². The number of sulfonamides is 1. The van der Waals surface area contributed by atoms with Crippen molar-refractivity contribution in [1.82, 2.24) is 9.29 Å². The first kappa shape index (κ1) is 13.5. The van der Waals surface area contributed by atoms with Gasteiger partial charge in [0.15, 0.2) is 0 Å². The van der Waals surface area contributed by atoms with Crippen molar-refractivity contribution in [3.05, 3.63) is 40.7 Å². The first-order valence-electron chi connectivity index (χ1n) is 6.36. The van der Waals surface area contributed by atoms with E-state index in [0.29, 0.717) is 6.54 Å². The molecular weight excluding hydrogens is 294 g/mol. The van der Waals surface area contributed by atoms with Crippen molar-refractivity contribution >= 4 is 27.2 Å². The van der Waals surface area contributed by atoms with Crippen LogP contribution >= 0.6 is 11.3 Å². The number of nitrogen functional groups attached to an aromatic ring is 1. The average Bonchev–Trinajstić information content (AvgIpc) is 3.10. The van der Waals surface area contributed by atoms with Crippen LogP contribution < -0.4 is 5.73 Å². The van der Waals surface area contributed by atoms with Crippen molar-refractivity contribution in [2.75, 3.05) is 12.3 Å². The zero-order valence-corrected chi connectivity index (χ0v) is 12.4. The molecule has 1 saturated heterocycles. The average molecular weight is 309 g/mol. The maximum Gasteiger partial charge on any atom is 0.247 e. The Kier molecular flexibility index (Phi) is 3.49. The van der Waals surface area contributed by atoms with Crippen LogP contribution in [0.1, 0.15) is 23.8 Å². The van der Waals surface area contributed by atoms with Gasteiger partial charge in [-0.25, -0.2) is 13.4 Å². The molecule has 1 atom stereocenters. The molecule has 0 amide bonds. The molecule has 7 heteroatoms. The third kappa shape index (κ3) is 2.21. The Labute approximate surface area is 122 Å². The van der Waals surface area contributed by atoms with Crippen LogP contribution in [0, 0.1) is 0 Å². The number of nitrogens with zero attached hydrogens (tertiary/aromatic N) is 2. The van der Waals surface area contributed by atoms with Crippen molar-refractivity contribution in [1.29, 1.82) is 0 Å². The summed E-state index contributed by atoms with van der Waals surface area (Å²) in [5, 5.41) is 1.97. The smallest absolute Gasteiger partial charge is 0.247 e. The molecule has 0 radical (unpaired) electrons. The van der Waals surface area contributed by atoms with E-state index in [9.17, 15) is 8.42 Å². The number of pyridine rings is 1. The summed E-state index contributed by atoms with van der Waals surface area (Å²) in [7, 11) is -3.59. The number of hydrogen-bond acceptors (Lipinski definition) is 5. The van der Waals surface area contributed by atoms with Crippen LogP contribution in [-0.4, -0.2) is 24.3 Å². The number of thiophene rings is 1. The standard InChI is InChI=1S/C13H15N3O2S2/c14-13-12(6-1-7-15-13)20(17,18)16-8-2-4-10(16)11-5-3-9-19-11/h1,3,5-7,9-10H,2,4,8H2,(H2,14,15). The molecule has 0 saturated carbocycles. The second-order valence-electron chi connectivity index (χ2n) is 4.68. The lowest BCUT2D eigenvalue weighted by Gasteiger charge is -2.23. The van der Waals surface area contributed by atoms with E-state index in [1.165, 1.54) is 12.3 Å². The molecule has 3 heterocycles. The van der Waals surface area contributed by atoms with Gasteiger partial charge in [-0.05, 0) is 36.4 Å². The Morgan fingerprint density at radius 1 is 1.35 bits per heavy atom. The molecule has 0 aromatic carbocycles. The van der Waals surface area contributed by atoms with Gasteiger partial charge < -0.3 is 5.73 Å². The zero-order chi connectivity index (χ0) is 14.2. The van der Waals surface area contributed by atoms with Crippen LogP contribution in [-0.2, 0) is 10.0 Å².